The molecule has 3 heterocycles. The second-order valence-electron chi connectivity index (χ2n) is 7.73. The topological polar surface area (TPSA) is 128 Å². The van der Waals surface area contributed by atoms with Gasteiger partial charge in [-0.2, -0.15) is 4.99 Å². The minimum absolute atomic E-state index is 0.129. The van der Waals surface area contributed by atoms with E-state index in [0.717, 1.165) is 44.7 Å². The fraction of sp³-hybridized carbons (Fsp3) is 0.333. The van der Waals surface area contributed by atoms with Crippen molar-refractivity contribution in [3.8, 4) is 11.3 Å². The van der Waals surface area contributed by atoms with Crippen molar-refractivity contribution in [2.24, 2.45) is 21.5 Å². The van der Waals surface area contributed by atoms with Crippen molar-refractivity contribution in [1.29, 1.82) is 0 Å². The monoisotopic (exact) mass is 391 g/mol. The third-order valence-electron chi connectivity index (χ3n) is 5.62. The number of hydrogen-bond donors (Lipinski definition) is 3. The van der Waals surface area contributed by atoms with Gasteiger partial charge >= 0.3 is 0 Å². The number of aromatic nitrogens is 2. The van der Waals surface area contributed by atoms with Crippen molar-refractivity contribution in [2.45, 2.75) is 46.2 Å². The van der Waals surface area contributed by atoms with Crippen molar-refractivity contribution < 1.29 is 4.52 Å². The fourth-order valence-corrected chi connectivity index (χ4v) is 3.92. The maximum absolute atomic E-state index is 5.95. The molecule has 1 aromatic carbocycles. The Balaban J connectivity index is 1.98. The van der Waals surface area contributed by atoms with Crippen LogP contribution < -0.4 is 16.8 Å². The van der Waals surface area contributed by atoms with Crippen LogP contribution in [0.4, 0.5) is 0 Å². The lowest BCUT2D eigenvalue weighted by Crippen LogP contribution is -2.55. The third-order valence-corrected chi connectivity index (χ3v) is 5.62. The molecule has 150 valence electrons. The van der Waals surface area contributed by atoms with Gasteiger partial charge < -0.3 is 21.3 Å². The van der Waals surface area contributed by atoms with Crippen LogP contribution in [-0.2, 0) is 0 Å². The van der Waals surface area contributed by atoms with E-state index in [-0.39, 0.29) is 17.8 Å². The van der Waals surface area contributed by atoms with E-state index >= 15 is 0 Å². The summed E-state index contributed by atoms with van der Waals surface area (Å²) in [5, 5.41) is 8.36. The number of guanidine groups is 2. The number of hydrogen-bond acceptors (Lipinski definition) is 8. The molecule has 4 rings (SSSR count). The van der Waals surface area contributed by atoms with Gasteiger partial charge in [0.2, 0.25) is 5.96 Å². The van der Waals surface area contributed by atoms with Crippen molar-refractivity contribution in [1.82, 2.24) is 15.5 Å². The zero-order chi connectivity index (χ0) is 20.9. The lowest BCUT2D eigenvalue weighted by atomic mass is 9.85. The van der Waals surface area contributed by atoms with Gasteiger partial charge in [0.25, 0.3) is 0 Å². The molecule has 2 aromatic heterocycles. The van der Waals surface area contributed by atoms with Crippen molar-refractivity contribution in [3.05, 3.63) is 46.8 Å². The predicted molar refractivity (Wildman–Crippen MR) is 115 cm³/mol. The smallest absolute Gasteiger partial charge is 0.220 e. The highest BCUT2D eigenvalue weighted by Crippen LogP contribution is 2.39. The van der Waals surface area contributed by atoms with E-state index in [1.807, 2.05) is 26.8 Å². The van der Waals surface area contributed by atoms with E-state index in [9.17, 15) is 0 Å². The number of nitrogens with zero attached hydrogens (tertiary/aromatic N) is 4. The van der Waals surface area contributed by atoms with Crippen LogP contribution >= 0.6 is 0 Å². The Hall–Kier alpha value is -3.42. The van der Waals surface area contributed by atoms with E-state index in [0.29, 0.717) is 0 Å². The zero-order valence-corrected chi connectivity index (χ0v) is 17.2. The molecule has 3 aromatic rings. The second-order valence-corrected chi connectivity index (χ2v) is 7.73. The SMILES string of the molecule is Cc1noc(C)c1-c1nc2c(C)cccc2cc1C(C)C1(C)N=C(N)N=C(N)N1. The van der Waals surface area contributed by atoms with Crippen molar-refractivity contribution >= 4 is 22.8 Å². The van der Waals surface area contributed by atoms with Crippen LogP contribution in [0.3, 0.4) is 0 Å². The Kier molecular flexibility index (Phi) is 4.29. The summed E-state index contributed by atoms with van der Waals surface area (Å²) in [6, 6.07) is 8.31. The van der Waals surface area contributed by atoms with Gasteiger partial charge in [0, 0.05) is 11.3 Å². The fourth-order valence-electron chi connectivity index (χ4n) is 3.92. The van der Waals surface area contributed by atoms with Crippen LogP contribution in [0.1, 0.15) is 42.3 Å². The Bertz CT molecular complexity index is 1160. The molecule has 0 amide bonds. The van der Waals surface area contributed by atoms with Gasteiger partial charge in [-0.25, -0.2) is 9.98 Å². The Labute approximate surface area is 169 Å². The molecule has 5 N–H and O–H groups in total. The maximum atomic E-state index is 5.95. The molecule has 0 fully saturated rings. The molecule has 1 aliphatic heterocycles. The molecule has 2 atom stereocenters. The Morgan fingerprint density at radius 1 is 1.17 bits per heavy atom. The summed E-state index contributed by atoms with van der Waals surface area (Å²) in [6.45, 7) is 9.90. The number of nitrogens with two attached hydrogens (primary N) is 2. The summed E-state index contributed by atoms with van der Waals surface area (Å²) in [5.74, 6) is 0.993. The highest BCUT2D eigenvalue weighted by molar-refractivity contribution is 5.96. The molecule has 0 bridgehead atoms. The Morgan fingerprint density at radius 3 is 2.59 bits per heavy atom. The first-order chi connectivity index (χ1) is 13.7. The van der Waals surface area contributed by atoms with Gasteiger partial charge in [-0.1, -0.05) is 30.3 Å². The minimum Gasteiger partial charge on any atom is -0.370 e. The lowest BCUT2D eigenvalue weighted by molar-refractivity contribution is 0.364. The van der Waals surface area contributed by atoms with Gasteiger partial charge in [0.1, 0.15) is 11.4 Å². The molecule has 0 aliphatic carbocycles. The van der Waals surface area contributed by atoms with Crippen LogP contribution in [0, 0.1) is 20.8 Å². The summed E-state index contributed by atoms with van der Waals surface area (Å²) in [4.78, 5) is 13.6. The largest absolute Gasteiger partial charge is 0.370 e. The summed E-state index contributed by atoms with van der Waals surface area (Å²) < 4.78 is 5.44. The highest BCUT2D eigenvalue weighted by Gasteiger charge is 2.37. The van der Waals surface area contributed by atoms with Crippen LogP contribution in [0.25, 0.3) is 22.2 Å². The van der Waals surface area contributed by atoms with E-state index in [1.165, 1.54) is 0 Å². The van der Waals surface area contributed by atoms with Crippen molar-refractivity contribution in [2.75, 3.05) is 0 Å². The molecule has 0 spiro atoms. The lowest BCUT2D eigenvalue weighted by Gasteiger charge is -2.36. The molecule has 2 unspecified atom stereocenters. The van der Waals surface area contributed by atoms with E-state index in [4.69, 9.17) is 21.0 Å². The standard InChI is InChI=1S/C21H25N7O/c1-10-7-6-8-14-9-15(11(2)21(5)26-19(22)25-20(23)27-21)18(24-17(10)14)16-12(3)28-29-13(16)4/h6-9,11H,1-5H3,(H5,22,23,25,26,27). The number of rotatable bonds is 3. The third kappa shape index (κ3) is 3.10. The number of aryl methyl sites for hydroxylation is 3. The van der Waals surface area contributed by atoms with E-state index in [1.54, 1.807) is 0 Å². The molecule has 0 saturated carbocycles. The maximum Gasteiger partial charge on any atom is 0.220 e. The average Bonchev–Trinajstić information content (AvgIpc) is 2.98. The number of pyridine rings is 1. The zero-order valence-electron chi connectivity index (χ0n) is 17.2. The minimum atomic E-state index is -0.775. The number of nitrogens with one attached hydrogen (secondary N) is 1. The molecule has 0 saturated heterocycles. The van der Waals surface area contributed by atoms with E-state index in [2.05, 4.69) is 52.5 Å². The number of benzene rings is 1. The number of aliphatic imine (C=N–C) groups is 2. The normalized spacial score (nSPS) is 20.2. The van der Waals surface area contributed by atoms with Crippen LogP contribution in [0.5, 0.6) is 0 Å². The first-order valence-electron chi connectivity index (χ1n) is 9.51. The predicted octanol–water partition coefficient (Wildman–Crippen LogP) is 2.87. The number of fused-ring (bicyclic) bond motifs is 1. The van der Waals surface area contributed by atoms with Gasteiger partial charge in [-0.05, 0) is 44.9 Å². The first kappa shape index (κ1) is 18.9. The molecular formula is C21H25N7O. The van der Waals surface area contributed by atoms with Gasteiger partial charge in [0.15, 0.2) is 5.96 Å². The highest BCUT2D eigenvalue weighted by atomic mass is 16.5. The van der Waals surface area contributed by atoms with Crippen LogP contribution in [0.15, 0.2) is 38.8 Å². The second kappa shape index (κ2) is 6.58. The summed E-state index contributed by atoms with van der Waals surface area (Å²) in [7, 11) is 0. The quantitative estimate of drug-likeness (QED) is 0.630. The summed E-state index contributed by atoms with van der Waals surface area (Å²) in [5.41, 5.74) is 16.7. The van der Waals surface area contributed by atoms with E-state index < -0.39 is 5.66 Å². The average molecular weight is 391 g/mol. The van der Waals surface area contributed by atoms with Gasteiger partial charge in [-0.3, -0.25) is 0 Å². The summed E-state index contributed by atoms with van der Waals surface area (Å²) in [6.07, 6.45) is 0. The van der Waals surface area contributed by atoms with Crippen molar-refractivity contribution in [3.63, 3.8) is 0 Å². The molecule has 1 aliphatic rings. The van der Waals surface area contributed by atoms with Crippen LogP contribution in [0.2, 0.25) is 0 Å². The first-order valence-corrected chi connectivity index (χ1v) is 9.51. The summed E-state index contributed by atoms with van der Waals surface area (Å²) >= 11 is 0. The van der Waals surface area contributed by atoms with Crippen LogP contribution in [-0.4, -0.2) is 27.7 Å². The molecule has 8 heteroatoms. The molecule has 8 nitrogen and oxygen atoms in total. The van der Waals surface area contributed by atoms with Gasteiger partial charge in [-0.15, -0.1) is 0 Å². The molecule has 29 heavy (non-hydrogen) atoms. The Morgan fingerprint density at radius 2 is 1.93 bits per heavy atom. The molecule has 0 radical (unpaired) electrons. The molecular weight excluding hydrogens is 366 g/mol. The van der Waals surface area contributed by atoms with Gasteiger partial charge in [0.05, 0.1) is 22.5 Å². The number of para-hydroxylation sites is 1.